The second-order valence-electron chi connectivity index (χ2n) is 7.70. The number of carbonyl (C=O) groups excluding carboxylic acids is 1. The van der Waals surface area contributed by atoms with Crippen molar-refractivity contribution in [3.63, 3.8) is 0 Å². The lowest BCUT2D eigenvalue weighted by molar-refractivity contribution is 0.0691. The van der Waals surface area contributed by atoms with Gasteiger partial charge in [-0.05, 0) is 72.3 Å². The Morgan fingerprint density at radius 1 is 0.886 bits per heavy atom. The average molecular weight is 507 g/mol. The van der Waals surface area contributed by atoms with Crippen LogP contribution in [0.4, 0.5) is 11.4 Å². The maximum atomic E-state index is 13.0. The molecule has 0 aliphatic rings. The summed E-state index contributed by atoms with van der Waals surface area (Å²) in [5.41, 5.74) is 2.82. The summed E-state index contributed by atoms with van der Waals surface area (Å²) in [4.78, 5) is 31.0. The molecule has 0 atom stereocenters. The normalized spacial score (nSPS) is 10.6. The zero-order chi connectivity index (χ0) is 24.9. The smallest absolute Gasteiger partial charge is 0.339 e. The van der Waals surface area contributed by atoms with Gasteiger partial charge in [-0.3, -0.25) is 9.78 Å². The molecule has 8 heteroatoms. The monoisotopic (exact) mass is 506 g/mol. The molecule has 0 unspecified atom stereocenters. The highest BCUT2D eigenvalue weighted by Crippen LogP contribution is 2.26. The van der Waals surface area contributed by atoms with Gasteiger partial charge in [-0.2, -0.15) is 0 Å². The number of anilines is 2. The number of pyridine rings is 1. The van der Waals surface area contributed by atoms with E-state index in [0.717, 1.165) is 16.9 Å². The first-order valence-electron chi connectivity index (χ1n) is 10.6. The van der Waals surface area contributed by atoms with E-state index in [1.165, 1.54) is 18.2 Å². The first-order chi connectivity index (χ1) is 16.8. The van der Waals surface area contributed by atoms with E-state index in [-0.39, 0.29) is 29.2 Å². The average Bonchev–Trinajstić information content (AvgIpc) is 2.88. The fourth-order valence-corrected chi connectivity index (χ4v) is 3.64. The fraction of sp³-hybridized carbons (Fsp3) is 0.0741. The third-order valence-electron chi connectivity index (χ3n) is 5.36. The zero-order valence-electron chi connectivity index (χ0n) is 18.6. The third kappa shape index (κ3) is 5.80. The highest BCUT2D eigenvalue weighted by atomic mass is 35.5. The number of carbonyl (C=O) groups is 2. The third-order valence-corrected chi connectivity index (χ3v) is 5.87. The number of aromatic carboxylic acids is 1. The van der Waals surface area contributed by atoms with Crippen molar-refractivity contribution in [2.75, 3.05) is 11.9 Å². The van der Waals surface area contributed by atoms with Gasteiger partial charge in [0.2, 0.25) is 5.78 Å². The van der Waals surface area contributed by atoms with Crippen LogP contribution in [-0.4, -0.2) is 28.9 Å². The Hall–Kier alpha value is -3.87. The van der Waals surface area contributed by atoms with Crippen molar-refractivity contribution in [1.29, 1.82) is 0 Å². The van der Waals surface area contributed by atoms with Crippen LogP contribution in [0.1, 0.15) is 32.0 Å². The number of benzene rings is 3. The molecule has 0 radical (unpaired) electrons. The molecule has 35 heavy (non-hydrogen) atoms. The Labute approximate surface area is 212 Å². The fourth-order valence-electron chi connectivity index (χ4n) is 3.39. The Bertz CT molecular complexity index is 1360. The number of carboxylic acids is 1. The van der Waals surface area contributed by atoms with Gasteiger partial charge in [-0.25, -0.2) is 4.79 Å². The summed E-state index contributed by atoms with van der Waals surface area (Å²) in [7, 11) is 1.88. The minimum atomic E-state index is -1.20. The molecule has 3 aromatic carbocycles. The van der Waals surface area contributed by atoms with Gasteiger partial charge >= 0.3 is 5.97 Å². The molecule has 6 nitrogen and oxygen atoms in total. The van der Waals surface area contributed by atoms with Crippen LogP contribution in [0.25, 0.3) is 0 Å². The molecule has 4 aromatic rings. The maximum Gasteiger partial charge on any atom is 0.339 e. The standard InChI is InChI=1S/C27H20Cl2N2O4/c1-31(21-9-7-20(29)8-10-21)22-11-12-24(30-15-22)26(32)18-4-13-25(23(14-18)27(33)34)35-16-17-2-5-19(28)6-3-17/h2-15H,16H2,1H3,(H,33,34). The summed E-state index contributed by atoms with van der Waals surface area (Å²) in [6, 6.07) is 22.1. The number of hydrogen-bond donors (Lipinski definition) is 1. The second kappa shape index (κ2) is 10.6. The van der Waals surface area contributed by atoms with Crippen LogP contribution in [0.3, 0.4) is 0 Å². The number of nitrogens with zero attached hydrogens (tertiary/aromatic N) is 2. The highest BCUT2D eigenvalue weighted by molar-refractivity contribution is 6.30. The molecule has 0 aliphatic heterocycles. The Morgan fingerprint density at radius 3 is 2.11 bits per heavy atom. The maximum absolute atomic E-state index is 13.0. The van der Waals surface area contributed by atoms with Crippen LogP contribution in [0.5, 0.6) is 5.75 Å². The highest BCUT2D eigenvalue weighted by Gasteiger charge is 2.18. The topological polar surface area (TPSA) is 79.7 Å². The van der Waals surface area contributed by atoms with Gasteiger partial charge in [0, 0.05) is 28.3 Å². The van der Waals surface area contributed by atoms with Gasteiger partial charge in [-0.15, -0.1) is 0 Å². The molecule has 0 amide bonds. The van der Waals surface area contributed by atoms with E-state index in [0.29, 0.717) is 10.0 Å². The van der Waals surface area contributed by atoms with Crippen molar-refractivity contribution in [2.45, 2.75) is 6.61 Å². The minimum absolute atomic E-state index is 0.107. The number of ether oxygens (including phenoxy) is 1. The number of hydrogen-bond acceptors (Lipinski definition) is 5. The number of carboxylic acid groups (broad SMARTS) is 1. The summed E-state index contributed by atoms with van der Waals surface area (Å²) < 4.78 is 5.69. The zero-order valence-corrected chi connectivity index (χ0v) is 20.1. The van der Waals surface area contributed by atoms with Crippen molar-refractivity contribution >= 4 is 46.3 Å². The Morgan fingerprint density at radius 2 is 1.51 bits per heavy atom. The molecule has 4 rings (SSSR count). The summed E-state index contributed by atoms with van der Waals surface area (Å²) in [6.45, 7) is 0.162. The molecule has 0 saturated carbocycles. The van der Waals surface area contributed by atoms with E-state index in [1.54, 1.807) is 54.7 Å². The van der Waals surface area contributed by atoms with Crippen LogP contribution < -0.4 is 9.64 Å². The molecule has 1 N–H and O–H groups in total. The quantitative estimate of drug-likeness (QED) is 0.269. The predicted octanol–water partition coefficient (Wildman–Crippen LogP) is 6.66. The van der Waals surface area contributed by atoms with Crippen LogP contribution in [-0.2, 0) is 6.61 Å². The van der Waals surface area contributed by atoms with Crippen molar-refractivity contribution in [2.24, 2.45) is 0 Å². The van der Waals surface area contributed by atoms with Crippen molar-refractivity contribution in [3.8, 4) is 5.75 Å². The first-order valence-corrected chi connectivity index (χ1v) is 11.3. The lowest BCUT2D eigenvalue weighted by atomic mass is 10.0. The number of ketones is 1. The molecule has 1 heterocycles. The Kier molecular flexibility index (Phi) is 7.34. The lowest BCUT2D eigenvalue weighted by Crippen LogP contribution is -2.11. The van der Waals surface area contributed by atoms with E-state index >= 15 is 0 Å². The lowest BCUT2D eigenvalue weighted by Gasteiger charge is -2.19. The van der Waals surface area contributed by atoms with Crippen LogP contribution in [0, 0.1) is 0 Å². The summed E-state index contributed by atoms with van der Waals surface area (Å²) in [5.74, 6) is -1.42. The molecular weight excluding hydrogens is 487 g/mol. The summed E-state index contributed by atoms with van der Waals surface area (Å²) in [5, 5.41) is 10.9. The molecule has 0 bridgehead atoms. The second-order valence-corrected chi connectivity index (χ2v) is 8.57. The van der Waals surface area contributed by atoms with Crippen LogP contribution >= 0.6 is 23.2 Å². The van der Waals surface area contributed by atoms with Gasteiger partial charge in [0.25, 0.3) is 0 Å². The largest absolute Gasteiger partial charge is 0.488 e. The van der Waals surface area contributed by atoms with E-state index in [9.17, 15) is 14.7 Å². The molecule has 0 fully saturated rings. The van der Waals surface area contributed by atoms with Crippen LogP contribution in [0.2, 0.25) is 10.0 Å². The molecule has 0 spiro atoms. The van der Waals surface area contributed by atoms with Gasteiger partial charge in [-0.1, -0.05) is 35.3 Å². The molecule has 1 aromatic heterocycles. The van der Waals surface area contributed by atoms with Gasteiger partial charge in [0.15, 0.2) is 0 Å². The van der Waals surface area contributed by atoms with E-state index in [4.69, 9.17) is 27.9 Å². The predicted molar refractivity (Wildman–Crippen MR) is 136 cm³/mol. The molecule has 0 saturated heterocycles. The SMILES string of the molecule is CN(c1ccc(Cl)cc1)c1ccc(C(=O)c2ccc(OCc3ccc(Cl)cc3)c(C(=O)O)c2)nc1. The van der Waals surface area contributed by atoms with Gasteiger partial charge < -0.3 is 14.7 Å². The molecular formula is C27H20Cl2N2O4. The van der Waals surface area contributed by atoms with E-state index in [1.807, 2.05) is 24.1 Å². The van der Waals surface area contributed by atoms with E-state index < -0.39 is 11.8 Å². The van der Waals surface area contributed by atoms with Gasteiger partial charge in [0.05, 0.1) is 11.9 Å². The molecule has 0 aliphatic carbocycles. The summed E-state index contributed by atoms with van der Waals surface area (Å²) >= 11 is 11.8. The van der Waals surface area contributed by atoms with Crippen molar-refractivity contribution in [1.82, 2.24) is 4.98 Å². The first kappa shape index (κ1) is 24.3. The molecule has 176 valence electrons. The van der Waals surface area contributed by atoms with Crippen molar-refractivity contribution in [3.05, 3.63) is 117 Å². The van der Waals surface area contributed by atoms with Crippen LogP contribution in [0.15, 0.2) is 85.1 Å². The van der Waals surface area contributed by atoms with Gasteiger partial charge in [0.1, 0.15) is 23.6 Å². The number of halogens is 2. The van der Waals surface area contributed by atoms with E-state index in [2.05, 4.69) is 4.98 Å². The number of rotatable bonds is 8. The summed E-state index contributed by atoms with van der Waals surface area (Å²) in [6.07, 6.45) is 1.59. The Balaban J connectivity index is 1.51. The number of aromatic nitrogens is 1. The minimum Gasteiger partial charge on any atom is -0.488 e. The van der Waals surface area contributed by atoms with Crippen molar-refractivity contribution < 1.29 is 19.4 Å².